The molecule has 2 heterocycles. The number of hydrogen-bond acceptors (Lipinski definition) is 5. The highest BCUT2D eigenvalue weighted by Crippen LogP contribution is 2.31. The average molecular weight is 283 g/mol. The summed E-state index contributed by atoms with van der Waals surface area (Å²) in [4.78, 5) is 18.1. The van der Waals surface area contributed by atoms with Crippen molar-refractivity contribution >= 4 is 17.4 Å². The van der Waals surface area contributed by atoms with E-state index in [-0.39, 0.29) is 6.09 Å². The molecule has 0 bridgehead atoms. The summed E-state index contributed by atoms with van der Waals surface area (Å²) in [6.45, 7) is 6.76. The van der Waals surface area contributed by atoms with Gasteiger partial charge in [0.25, 0.3) is 0 Å². The molecular weight excluding hydrogens is 262 g/mol. The summed E-state index contributed by atoms with van der Waals surface area (Å²) in [5.74, 6) is 0. The van der Waals surface area contributed by atoms with Gasteiger partial charge in [0.05, 0.1) is 5.54 Å². The molecule has 0 spiro atoms. The van der Waals surface area contributed by atoms with Crippen LogP contribution in [0.5, 0.6) is 0 Å². The van der Waals surface area contributed by atoms with Gasteiger partial charge < -0.3 is 15.4 Å². The lowest BCUT2D eigenvalue weighted by atomic mass is 9.91. The van der Waals surface area contributed by atoms with Crippen LogP contribution >= 0.6 is 11.3 Å². The Balaban J connectivity index is 2.07. The van der Waals surface area contributed by atoms with Crippen LogP contribution in [0.1, 0.15) is 38.6 Å². The Morgan fingerprint density at radius 2 is 2.32 bits per heavy atom. The lowest BCUT2D eigenvalue weighted by Crippen LogP contribution is -2.54. The largest absolute Gasteiger partial charge is 0.444 e. The molecule has 1 atom stereocenters. The van der Waals surface area contributed by atoms with Crippen LogP contribution in [0.2, 0.25) is 0 Å². The summed E-state index contributed by atoms with van der Waals surface area (Å²) in [7, 11) is 0. The van der Waals surface area contributed by atoms with Gasteiger partial charge in [-0.05, 0) is 33.6 Å². The van der Waals surface area contributed by atoms with Gasteiger partial charge in [-0.3, -0.25) is 0 Å². The van der Waals surface area contributed by atoms with Crippen LogP contribution in [0.25, 0.3) is 0 Å². The minimum atomic E-state index is -0.538. The first-order valence-electron chi connectivity index (χ1n) is 6.47. The summed E-state index contributed by atoms with van der Waals surface area (Å²) < 4.78 is 5.40. The predicted molar refractivity (Wildman–Crippen MR) is 75.0 cm³/mol. The summed E-state index contributed by atoms with van der Waals surface area (Å²) >= 11 is 1.54. The Hall–Kier alpha value is -1.14. The zero-order chi connectivity index (χ0) is 14.1. The Kier molecular flexibility index (Phi) is 3.82. The van der Waals surface area contributed by atoms with Gasteiger partial charge in [-0.25, -0.2) is 9.78 Å². The van der Waals surface area contributed by atoms with Crippen LogP contribution in [0, 0.1) is 0 Å². The van der Waals surface area contributed by atoms with Crippen LogP contribution in [0.3, 0.4) is 0 Å². The van der Waals surface area contributed by atoms with Crippen molar-refractivity contribution in [3.63, 3.8) is 0 Å². The van der Waals surface area contributed by atoms with Gasteiger partial charge in [0.1, 0.15) is 10.6 Å². The molecule has 2 rings (SSSR count). The molecule has 1 aromatic heterocycles. The summed E-state index contributed by atoms with van der Waals surface area (Å²) in [5.41, 5.74) is 5.40. The standard InChI is InChI=1S/C13H21N3O2S/c1-12(2,3)18-11(17)16-7-4-5-13(14,9-16)10-15-6-8-19-10/h6,8H,4-5,7,9,14H2,1-3H3. The monoisotopic (exact) mass is 283 g/mol. The topological polar surface area (TPSA) is 68.5 Å². The van der Waals surface area contributed by atoms with E-state index in [0.29, 0.717) is 13.1 Å². The number of likely N-dealkylation sites (tertiary alicyclic amines) is 1. The summed E-state index contributed by atoms with van der Waals surface area (Å²) in [6.07, 6.45) is 3.18. The molecule has 6 heteroatoms. The number of ether oxygens (including phenoxy) is 1. The molecule has 0 radical (unpaired) electrons. The van der Waals surface area contributed by atoms with Crippen LogP contribution in [0.15, 0.2) is 11.6 Å². The zero-order valence-corrected chi connectivity index (χ0v) is 12.5. The Bertz CT molecular complexity index is 441. The number of carbonyl (C=O) groups is 1. The smallest absolute Gasteiger partial charge is 0.410 e. The second-order valence-electron chi connectivity index (χ2n) is 6.00. The van der Waals surface area contributed by atoms with Gasteiger partial charge in [-0.2, -0.15) is 0 Å². The fourth-order valence-corrected chi connectivity index (χ4v) is 2.98. The van der Waals surface area contributed by atoms with Crippen molar-refractivity contribution in [2.24, 2.45) is 5.73 Å². The van der Waals surface area contributed by atoms with Gasteiger partial charge >= 0.3 is 6.09 Å². The summed E-state index contributed by atoms with van der Waals surface area (Å²) in [6, 6.07) is 0. The number of carbonyl (C=O) groups excluding carboxylic acids is 1. The lowest BCUT2D eigenvalue weighted by molar-refractivity contribution is 0.0137. The molecule has 2 N–H and O–H groups in total. The zero-order valence-electron chi connectivity index (χ0n) is 11.7. The second-order valence-corrected chi connectivity index (χ2v) is 6.89. The SMILES string of the molecule is CC(C)(C)OC(=O)N1CCCC(N)(c2nccs2)C1. The molecule has 106 valence electrons. The van der Waals surface area contributed by atoms with Crippen molar-refractivity contribution in [1.82, 2.24) is 9.88 Å². The van der Waals surface area contributed by atoms with Gasteiger partial charge in [0.2, 0.25) is 0 Å². The van der Waals surface area contributed by atoms with E-state index in [4.69, 9.17) is 10.5 Å². The first-order chi connectivity index (χ1) is 8.80. The highest BCUT2D eigenvalue weighted by molar-refractivity contribution is 7.09. The molecule has 1 amide bonds. The number of nitrogens with zero attached hydrogens (tertiary/aromatic N) is 2. The number of aromatic nitrogens is 1. The van der Waals surface area contributed by atoms with E-state index in [0.717, 1.165) is 17.8 Å². The number of nitrogens with two attached hydrogens (primary N) is 1. The van der Waals surface area contributed by atoms with Crippen LogP contribution in [-0.4, -0.2) is 34.7 Å². The third-order valence-corrected chi connectivity index (χ3v) is 4.03. The van der Waals surface area contributed by atoms with E-state index in [1.54, 1.807) is 22.4 Å². The Labute approximate surface area is 117 Å². The van der Waals surface area contributed by atoms with Crippen LogP contribution in [0.4, 0.5) is 4.79 Å². The fraction of sp³-hybridized carbons (Fsp3) is 0.692. The number of piperidine rings is 1. The molecular formula is C13H21N3O2S. The molecule has 0 saturated carbocycles. The number of amides is 1. The Morgan fingerprint density at radius 1 is 1.58 bits per heavy atom. The quantitative estimate of drug-likeness (QED) is 0.859. The Morgan fingerprint density at radius 3 is 2.89 bits per heavy atom. The van der Waals surface area contributed by atoms with Crippen LogP contribution < -0.4 is 5.73 Å². The van der Waals surface area contributed by atoms with Crippen molar-refractivity contribution in [3.8, 4) is 0 Å². The van der Waals surface area contributed by atoms with Crippen molar-refractivity contribution in [1.29, 1.82) is 0 Å². The van der Waals surface area contributed by atoms with E-state index >= 15 is 0 Å². The number of thiazole rings is 1. The second kappa shape index (κ2) is 5.09. The molecule has 5 nitrogen and oxygen atoms in total. The molecule has 1 aliphatic rings. The molecule has 1 unspecified atom stereocenters. The molecule has 19 heavy (non-hydrogen) atoms. The molecule has 1 aliphatic heterocycles. The van der Waals surface area contributed by atoms with E-state index in [9.17, 15) is 4.79 Å². The molecule has 0 aliphatic carbocycles. The van der Waals surface area contributed by atoms with Crippen LogP contribution in [-0.2, 0) is 10.3 Å². The maximum Gasteiger partial charge on any atom is 0.410 e. The maximum absolute atomic E-state index is 12.1. The number of rotatable bonds is 1. The predicted octanol–water partition coefficient (Wildman–Crippen LogP) is 2.33. The molecule has 1 saturated heterocycles. The number of hydrogen-bond donors (Lipinski definition) is 1. The third-order valence-electron chi connectivity index (χ3n) is 3.03. The average Bonchev–Trinajstić information content (AvgIpc) is 2.80. The normalized spacial score (nSPS) is 24.3. The van der Waals surface area contributed by atoms with Gasteiger partial charge in [0, 0.05) is 24.7 Å². The first kappa shape index (κ1) is 14.3. The van der Waals surface area contributed by atoms with E-state index in [2.05, 4.69) is 4.98 Å². The fourth-order valence-electron chi connectivity index (χ4n) is 2.21. The van der Waals surface area contributed by atoms with Crippen molar-refractivity contribution in [3.05, 3.63) is 16.6 Å². The first-order valence-corrected chi connectivity index (χ1v) is 7.35. The third kappa shape index (κ3) is 3.45. The van der Waals surface area contributed by atoms with Gasteiger partial charge in [-0.1, -0.05) is 0 Å². The minimum absolute atomic E-state index is 0.293. The summed E-state index contributed by atoms with van der Waals surface area (Å²) in [5, 5.41) is 2.80. The van der Waals surface area contributed by atoms with Crippen molar-refractivity contribution in [2.75, 3.05) is 13.1 Å². The molecule has 0 aromatic carbocycles. The van der Waals surface area contributed by atoms with Gasteiger partial charge in [0.15, 0.2) is 0 Å². The van der Waals surface area contributed by atoms with Crippen molar-refractivity contribution < 1.29 is 9.53 Å². The highest BCUT2D eigenvalue weighted by Gasteiger charge is 2.38. The highest BCUT2D eigenvalue weighted by atomic mass is 32.1. The maximum atomic E-state index is 12.1. The van der Waals surface area contributed by atoms with Gasteiger partial charge in [-0.15, -0.1) is 11.3 Å². The molecule has 1 fully saturated rings. The minimum Gasteiger partial charge on any atom is -0.444 e. The van der Waals surface area contributed by atoms with Crippen molar-refractivity contribution in [2.45, 2.75) is 44.8 Å². The van der Waals surface area contributed by atoms with E-state index in [1.807, 2.05) is 26.2 Å². The van der Waals surface area contributed by atoms with E-state index in [1.165, 1.54) is 0 Å². The van der Waals surface area contributed by atoms with E-state index < -0.39 is 11.1 Å². The molecule has 1 aromatic rings. The lowest BCUT2D eigenvalue weighted by Gasteiger charge is -2.39.